The number of aromatic nitrogens is 2. The Kier molecular flexibility index (Phi) is 4.24. The summed E-state index contributed by atoms with van der Waals surface area (Å²) in [6.45, 7) is 5.61. The average Bonchev–Trinajstić information content (AvgIpc) is 3.16. The van der Waals surface area contributed by atoms with E-state index in [1.807, 2.05) is 0 Å². The molecule has 5 nitrogen and oxygen atoms in total. The molecule has 1 saturated heterocycles. The van der Waals surface area contributed by atoms with Crippen molar-refractivity contribution in [3.8, 4) is 0 Å². The van der Waals surface area contributed by atoms with Crippen molar-refractivity contribution in [3.63, 3.8) is 0 Å². The summed E-state index contributed by atoms with van der Waals surface area (Å²) in [4.78, 5) is 20.3. The SMILES string of the molecule is CC(=O)Nc1sc2c(C3C[I-]3)nc(Cl)nc2c1NC(C)C. The fourth-order valence-electron chi connectivity index (χ4n) is 2.04. The first-order valence-electron chi connectivity index (χ1n) is 6.57. The van der Waals surface area contributed by atoms with E-state index in [-0.39, 0.29) is 38.4 Å². The molecule has 3 rings (SSSR count). The molecule has 3 heterocycles. The van der Waals surface area contributed by atoms with Crippen molar-refractivity contribution in [3.05, 3.63) is 11.0 Å². The molecule has 2 aromatic rings. The van der Waals surface area contributed by atoms with Crippen molar-refractivity contribution in [2.45, 2.75) is 30.7 Å². The van der Waals surface area contributed by atoms with Crippen LogP contribution >= 0.6 is 22.9 Å². The van der Waals surface area contributed by atoms with Crippen molar-refractivity contribution >= 4 is 49.7 Å². The summed E-state index contributed by atoms with van der Waals surface area (Å²) in [6.07, 6.45) is 0. The van der Waals surface area contributed by atoms with E-state index in [9.17, 15) is 4.79 Å². The Morgan fingerprint density at radius 3 is 2.76 bits per heavy atom. The van der Waals surface area contributed by atoms with Gasteiger partial charge in [-0.05, 0) is 0 Å². The van der Waals surface area contributed by atoms with Gasteiger partial charge in [-0.3, -0.25) is 0 Å². The Balaban J connectivity index is 2.20. The van der Waals surface area contributed by atoms with Crippen LogP contribution in [0.25, 0.3) is 10.2 Å². The maximum absolute atomic E-state index is 11.4. The second-order valence-electron chi connectivity index (χ2n) is 5.12. The van der Waals surface area contributed by atoms with Gasteiger partial charge in [-0.15, -0.1) is 0 Å². The van der Waals surface area contributed by atoms with Crippen molar-refractivity contribution in [2.24, 2.45) is 0 Å². The van der Waals surface area contributed by atoms with Gasteiger partial charge < -0.3 is 0 Å². The van der Waals surface area contributed by atoms with E-state index >= 15 is 0 Å². The van der Waals surface area contributed by atoms with Crippen LogP contribution < -0.4 is 31.8 Å². The number of carbonyl (C=O) groups is 1. The van der Waals surface area contributed by atoms with Crippen LogP contribution in [-0.4, -0.2) is 26.3 Å². The van der Waals surface area contributed by atoms with Gasteiger partial charge in [0.15, 0.2) is 0 Å². The van der Waals surface area contributed by atoms with E-state index in [0.717, 1.165) is 26.6 Å². The first kappa shape index (κ1) is 15.2. The molecule has 2 N–H and O–H groups in total. The minimum absolute atomic E-state index is 0.0900. The third-order valence-corrected chi connectivity index (χ3v) is 6.50. The number of thiophene rings is 1. The van der Waals surface area contributed by atoms with E-state index in [0.29, 0.717) is 3.92 Å². The third-order valence-electron chi connectivity index (χ3n) is 2.86. The summed E-state index contributed by atoms with van der Waals surface area (Å²) in [6, 6.07) is 0.237. The summed E-state index contributed by atoms with van der Waals surface area (Å²) < 4.78 is 2.89. The molecular weight excluding hydrogens is 423 g/mol. The molecule has 0 radical (unpaired) electrons. The molecule has 1 aliphatic rings. The van der Waals surface area contributed by atoms with E-state index < -0.39 is 0 Å². The van der Waals surface area contributed by atoms with Crippen LogP contribution in [0.4, 0.5) is 10.7 Å². The van der Waals surface area contributed by atoms with Gasteiger partial charge in [0.1, 0.15) is 0 Å². The predicted octanol–water partition coefficient (Wildman–Crippen LogP) is 0.267. The second-order valence-corrected chi connectivity index (χ2v) is 9.74. The van der Waals surface area contributed by atoms with E-state index in [1.165, 1.54) is 22.7 Å². The van der Waals surface area contributed by atoms with Gasteiger partial charge in [0.2, 0.25) is 0 Å². The van der Waals surface area contributed by atoms with Gasteiger partial charge >= 0.3 is 142 Å². The van der Waals surface area contributed by atoms with Gasteiger partial charge in [0.25, 0.3) is 0 Å². The predicted molar refractivity (Wildman–Crippen MR) is 83.1 cm³/mol. The first-order valence-corrected chi connectivity index (χ1v) is 10.5. The summed E-state index contributed by atoms with van der Waals surface area (Å²) in [7, 11) is 0. The molecule has 0 aromatic carbocycles. The van der Waals surface area contributed by atoms with Crippen LogP contribution in [0.5, 0.6) is 0 Å². The molecule has 0 spiro atoms. The molecule has 2 aromatic heterocycles. The van der Waals surface area contributed by atoms with Crippen molar-refractivity contribution in [1.82, 2.24) is 9.97 Å². The molecular formula is C13H15ClIN4OS-. The van der Waals surface area contributed by atoms with E-state index in [2.05, 4.69) is 34.4 Å². The Labute approximate surface area is 142 Å². The maximum atomic E-state index is 11.4. The van der Waals surface area contributed by atoms with Crippen LogP contribution in [0, 0.1) is 0 Å². The van der Waals surface area contributed by atoms with Crippen molar-refractivity contribution < 1.29 is 26.0 Å². The standard InChI is InChI=1S/C13H15ClIN4OS/c1-5(2)16-10-9-11(21-12(10)17-6(3)20)8(7-4-15-7)18-13(14)19-9/h5,7,16H,4H2,1-3H3,(H,17,20)/q-1. The number of carbonyl (C=O) groups excluding carboxylic acids is 1. The monoisotopic (exact) mass is 437 g/mol. The van der Waals surface area contributed by atoms with Crippen molar-refractivity contribution in [2.75, 3.05) is 15.1 Å². The Bertz CT molecular complexity index is 714. The van der Waals surface area contributed by atoms with Gasteiger partial charge in [-0.25, -0.2) is 0 Å². The summed E-state index contributed by atoms with van der Waals surface area (Å²) >= 11 is 7.86. The Morgan fingerprint density at radius 1 is 1.48 bits per heavy atom. The first-order chi connectivity index (χ1) is 9.95. The summed E-state index contributed by atoms with van der Waals surface area (Å²) in [5.41, 5.74) is 2.74. The van der Waals surface area contributed by atoms with Crippen LogP contribution in [0.2, 0.25) is 5.28 Å². The number of fused-ring (bicyclic) bond motifs is 1. The van der Waals surface area contributed by atoms with Crippen LogP contribution in [0.1, 0.15) is 30.4 Å². The number of nitrogens with one attached hydrogen (secondary N) is 2. The zero-order chi connectivity index (χ0) is 15.1. The molecule has 1 amide bonds. The normalized spacial score (nSPS) is 17.7. The number of halogens is 2. The van der Waals surface area contributed by atoms with Gasteiger partial charge in [0.05, 0.1) is 0 Å². The molecule has 0 aliphatic carbocycles. The molecule has 0 saturated carbocycles. The summed E-state index contributed by atoms with van der Waals surface area (Å²) in [5.74, 6) is -0.0900. The second kappa shape index (κ2) is 5.85. The Morgan fingerprint density at radius 2 is 2.19 bits per heavy atom. The van der Waals surface area contributed by atoms with Gasteiger partial charge in [-0.1, -0.05) is 0 Å². The molecule has 114 valence electrons. The van der Waals surface area contributed by atoms with Gasteiger partial charge in [-0.2, -0.15) is 0 Å². The number of hydrogen-bond donors (Lipinski definition) is 2. The number of rotatable bonds is 4. The zero-order valence-corrected chi connectivity index (χ0v) is 15.6. The van der Waals surface area contributed by atoms with Crippen LogP contribution in [0.3, 0.4) is 0 Å². The minimum atomic E-state index is -0.0900. The molecule has 21 heavy (non-hydrogen) atoms. The molecule has 1 unspecified atom stereocenters. The van der Waals surface area contributed by atoms with Crippen LogP contribution in [0.15, 0.2) is 0 Å². The zero-order valence-electron chi connectivity index (χ0n) is 11.8. The number of hydrogen-bond acceptors (Lipinski definition) is 5. The quantitative estimate of drug-likeness (QED) is 0.409. The number of nitrogens with zero attached hydrogens (tertiary/aromatic N) is 2. The Hall–Kier alpha value is -0.670. The summed E-state index contributed by atoms with van der Waals surface area (Å²) in [5, 5.41) is 7.34. The molecule has 1 fully saturated rings. The molecule has 1 aliphatic heterocycles. The van der Waals surface area contributed by atoms with Gasteiger partial charge in [0, 0.05) is 0 Å². The fourth-order valence-corrected chi connectivity index (χ4v) is 5.16. The van der Waals surface area contributed by atoms with Crippen molar-refractivity contribution in [1.29, 1.82) is 0 Å². The fraction of sp³-hybridized carbons (Fsp3) is 0.462. The number of alkyl halides is 2. The van der Waals surface area contributed by atoms with E-state index in [1.54, 1.807) is 0 Å². The topological polar surface area (TPSA) is 66.9 Å². The number of anilines is 2. The third kappa shape index (κ3) is 3.24. The molecule has 1 atom stereocenters. The number of amides is 1. The average molecular weight is 438 g/mol. The van der Waals surface area contributed by atoms with Crippen LogP contribution in [-0.2, 0) is 4.79 Å². The molecule has 0 bridgehead atoms. The van der Waals surface area contributed by atoms with E-state index in [4.69, 9.17) is 11.6 Å². The molecule has 8 heteroatoms.